The number of hydrogen-bond donors (Lipinski definition) is 0. The summed E-state index contributed by atoms with van der Waals surface area (Å²) in [6, 6.07) is 9.16. The Labute approximate surface area is 95.0 Å². The zero-order chi connectivity index (χ0) is 11.8. The third-order valence-corrected chi connectivity index (χ3v) is 2.10. The third-order valence-electron chi connectivity index (χ3n) is 2.10. The predicted octanol–water partition coefficient (Wildman–Crippen LogP) is 2.58. The van der Waals surface area contributed by atoms with Crippen molar-refractivity contribution in [2.24, 2.45) is 0 Å². The molecule has 0 amide bonds. The summed E-state index contributed by atoms with van der Waals surface area (Å²) < 4.78 is 5.12. The van der Waals surface area contributed by atoms with Gasteiger partial charge in [0.25, 0.3) is 0 Å². The molecule has 16 heavy (non-hydrogen) atoms. The van der Waals surface area contributed by atoms with E-state index in [2.05, 4.69) is 0 Å². The molecule has 0 bridgehead atoms. The molecule has 0 atom stereocenters. The summed E-state index contributed by atoms with van der Waals surface area (Å²) >= 11 is 0. The summed E-state index contributed by atoms with van der Waals surface area (Å²) in [5.74, 6) is 0.655. The van der Waals surface area contributed by atoms with E-state index in [0.29, 0.717) is 5.75 Å². The Balaban J connectivity index is 2.75. The van der Waals surface area contributed by atoms with Crippen molar-refractivity contribution in [2.45, 2.75) is 13.3 Å². The Kier molecular flexibility index (Phi) is 4.81. The molecule has 0 aliphatic heterocycles. The molecular formula is C13H13NO2. The maximum absolute atomic E-state index is 10.6. The lowest BCUT2D eigenvalue weighted by atomic mass is 10.1. The van der Waals surface area contributed by atoms with Crippen molar-refractivity contribution in [3.05, 3.63) is 35.4 Å². The quantitative estimate of drug-likeness (QED) is 0.560. The van der Waals surface area contributed by atoms with Crippen LogP contribution in [0.25, 0.3) is 6.08 Å². The summed E-state index contributed by atoms with van der Waals surface area (Å²) in [5.41, 5.74) is 1.71. The highest BCUT2D eigenvalue weighted by atomic mass is 16.5. The molecule has 0 saturated heterocycles. The zero-order valence-corrected chi connectivity index (χ0v) is 9.14. The molecule has 0 unspecified atom stereocenters. The van der Waals surface area contributed by atoms with Gasteiger partial charge in [0.2, 0.25) is 0 Å². The van der Waals surface area contributed by atoms with Crippen LogP contribution in [0.5, 0.6) is 5.75 Å². The minimum absolute atomic E-state index is 0.0454. The molecule has 0 spiro atoms. The molecule has 1 rings (SSSR count). The molecule has 3 heteroatoms. The van der Waals surface area contributed by atoms with Crippen LogP contribution in [0.15, 0.2) is 29.8 Å². The van der Waals surface area contributed by atoms with Crippen LogP contribution in [0.1, 0.15) is 18.9 Å². The number of hydrogen-bond acceptors (Lipinski definition) is 3. The largest absolute Gasteiger partial charge is 0.479 e. The first-order valence-corrected chi connectivity index (χ1v) is 5.05. The van der Waals surface area contributed by atoms with E-state index in [4.69, 9.17) is 10.00 Å². The standard InChI is InChI=1S/C13H13NO2/c1-2-11(10-15)9-12-3-5-13(6-4-12)16-8-7-14/h3-6,9-10H,2,8H2,1H3. The zero-order valence-electron chi connectivity index (χ0n) is 9.14. The van der Waals surface area contributed by atoms with Crippen LogP contribution < -0.4 is 4.74 Å². The van der Waals surface area contributed by atoms with Crippen LogP contribution in [-0.2, 0) is 4.79 Å². The number of aldehydes is 1. The van der Waals surface area contributed by atoms with E-state index in [1.165, 1.54) is 0 Å². The molecule has 0 heterocycles. The van der Waals surface area contributed by atoms with Gasteiger partial charge in [-0.3, -0.25) is 4.79 Å². The molecule has 0 aliphatic carbocycles. The van der Waals surface area contributed by atoms with Crippen LogP contribution in [0.4, 0.5) is 0 Å². The highest BCUT2D eigenvalue weighted by Crippen LogP contribution is 2.14. The number of nitrogens with zero attached hydrogens (tertiary/aromatic N) is 1. The van der Waals surface area contributed by atoms with E-state index in [9.17, 15) is 4.79 Å². The minimum Gasteiger partial charge on any atom is -0.479 e. The van der Waals surface area contributed by atoms with Gasteiger partial charge in [0, 0.05) is 0 Å². The Morgan fingerprint density at radius 3 is 2.62 bits per heavy atom. The molecule has 0 aromatic heterocycles. The number of rotatable bonds is 5. The van der Waals surface area contributed by atoms with Gasteiger partial charge >= 0.3 is 0 Å². The maximum Gasteiger partial charge on any atom is 0.174 e. The van der Waals surface area contributed by atoms with Gasteiger partial charge in [0.15, 0.2) is 6.61 Å². The van der Waals surface area contributed by atoms with Crippen molar-refractivity contribution in [2.75, 3.05) is 6.61 Å². The molecule has 1 aromatic rings. The van der Waals surface area contributed by atoms with Crippen molar-refractivity contribution < 1.29 is 9.53 Å². The Bertz CT molecular complexity index is 413. The average molecular weight is 215 g/mol. The molecular weight excluding hydrogens is 202 g/mol. The second kappa shape index (κ2) is 6.41. The molecule has 1 aromatic carbocycles. The Hall–Kier alpha value is -2.08. The smallest absolute Gasteiger partial charge is 0.174 e. The van der Waals surface area contributed by atoms with Crippen molar-refractivity contribution in [1.82, 2.24) is 0 Å². The Morgan fingerprint density at radius 1 is 1.44 bits per heavy atom. The molecule has 3 nitrogen and oxygen atoms in total. The van der Waals surface area contributed by atoms with E-state index in [-0.39, 0.29) is 6.61 Å². The average Bonchev–Trinajstić information content (AvgIpc) is 2.35. The van der Waals surface area contributed by atoms with Gasteiger partial charge in [-0.1, -0.05) is 19.1 Å². The van der Waals surface area contributed by atoms with Gasteiger partial charge in [-0.15, -0.1) is 0 Å². The lowest BCUT2D eigenvalue weighted by molar-refractivity contribution is -0.104. The minimum atomic E-state index is 0.0454. The number of nitriles is 1. The van der Waals surface area contributed by atoms with E-state index < -0.39 is 0 Å². The Morgan fingerprint density at radius 2 is 2.12 bits per heavy atom. The number of allylic oxidation sites excluding steroid dienone is 1. The molecule has 82 valence electrons. The van der Waals surface area contributed by atoms with Crippen LogP contribution in [0, 0.1) is 11.3 Å². The summed E-state index contributed by atoms with van der Waals surface area (Å²) in [7, 11) is 0. The van der Waals surface area contributed by atoms with E-state index in [0.717, 1.165) is 23.8 Å². The highest BCUT2D eigenvalue weighted by molar-refractivity contribution is 5.81. The van der Waals surface area contributed by atoms with Crippen LogP contribution in [-0.4, -0.2) is 12.9 Å². The molecule has 0 aliphatic rings. The number of carbonyl (C=O) groups excluding carboxylic acids is 1. The summed E-state index contributed by atoms with van der Waals surface area (Å²) in [6.45, 7) is 1.98. The van der Waals surface area contributed by atoms with Gasteiger partial charge in [-0.05, 0) is 35.8 Å². The monoisotopic (exact) mass is 215 g/mol. The molecule has 0 N–H and O–H groups in total. The first kappa shape index (κ1) is 12.0. The van der Waals surface area contributed by atoms with Gasteiger partial charge in [-0.2, -0.15) is 5.26 Å². The fraction of sp³-hybridized carbons (Fsp3) is 0.231. The third kappa shape index (κ3) is 3.58. The lowest BCUT2D eigenvalue weighted by Crippen LogP contribution is -1.92. The molecule has 0 saturated carbocycles. The van der Waals surface area contributed by atoms with Gasteiger partial charge in [0.05, 0.1) is 0 Å². The van der Waals surface area contributed by atoms with Crippen LogP contribution >= 0.6 is 0 Å². The lowest BCUT2D eigenvalue weighted by Gasteiger charge is -2.01. The fourth-order valence-electron chi connectivity index (χ4n) is 1.21. The summed E-state index contributed by atoms with van der Waals surface area (Å²) in [5, 5.41) is 8.34. The number of benzene rings is 1. The van der Waals surface area contributed by atoms with E-state index in [1.807, 2.05) is 31.2 Å². The molecule has 0 radical (unpaired) electrons. The number of carbonyl (C=O) groups is 1. The summed E-state index contributed by atoms with van der Waals surface area (Å²) in [6.07, 6.45) is 3.41. The van der Waals surface area contributed by atoms with Gasteiger partial charge < -0.3 is 4.74 Å². The van der Waals surface area contributed by atoms with Crippen molar-refractivity contribution in [3.63, 3.8) is 0 Å². The van der Waals surface area contributed by atoms with E-state index >= 15 is 0 Å². The van der Waals surface area contributed by atoms with Gasteiger partial charge in [-0.25, -0.2) is 0 Å². The van der Waals surface area contributed by atoms with Crippen molar-refractivity contribution in [1.29, 1.82) is 5.26 Å². The van der Waals surface area contributed by atoms with Crippen LogP contribution in [0.3, 0.4) is 0 Å². The SMILES string of the molecule is CCC(C=O)=Cc1ccc(OCC#N)cc1. The predicted molar refractivity (Wildman–Crippen MR) is 61.9 cm³/mol. The highest BCUT2D eigenvalue weighted by Gasteiger charge is 1.95. The summed E-state index contributed by atoms with van der Waals surface area (Å²) in [4.78, 5) is 10.6. The topological polar surface area (TPSA) is 50.1 Å². The van der Waals surface area contributed by atoms with E-state index in [1.54, 1.807) is 12.1 Å². The molecule has 0 fully saturated rings. The van der Waals surface area contributed by atoms with Gasteiger partial charge in [0.1, 0.15) is 18.1 Å². The van der Waals surface area contributed by atoms with Crippen molar-refractivity contribution >= 4 is 12.4 Å². The fourth-order valence-corrected chi connectivity index (χ4v) is 1.21. The first-order valence-electron chi connectivity index (χ1n) is 5.05. The second-order valence-corrected chi connectivity index (χ2v) is 3.21. The maximum atomic E-state index is 10.6. The number of ether oxygens (including phenoxy) is 1. The first-order chi connectivity index (χ1) is 7.80. The normalized spacial score (nSPS) is 10.6. The van der Waals surface area contributed by atoms with Crippen LogP contribution in [0.2, 0.25) is 0 Å². The van der Waals surface area contributed by atoms with Crippen molar-refractivity contribution in [3.8, 4) is 11.8 Å². The second-order valence-electron chi connectivity index (χ2n) is 3.21.